The molecule has 1 aromatic heterocycles. The highest BCUT2D eigenvalue weighted by molar-refractivity contribution is 5.90. The van der Waals surface area contributed by atoms with E-state index in [1.807, 2.05) is 13.0 Å². The minimum absolute atomic E-state index is 0.0601. The van der Waals surface area contributed by atoms with Crippen LogP contribution in [-0.2, 0) is 0 Å². The van der Waals surface area contributed by atoms with E-state index in [0.29, 0.717) is 22.3 Å². The monoisotopic (exact) mass is 282 g/mol. The number of rotatable bonds is 2. The highest BCUT2D eigenvalue weighted by atomic mass is 16.5. The number of methoxy groups -OCH3 is 1. The van der Waals surface area contributed by atoms with Gasteiger partial charge in [-0.05, 0) is 36.8 Å². The highest BCUT2D eigenvalue weighted by Gasteiger charge is 2.15. The van der Waals surface area contributed by atoms with Crippen molar-refractivity contribution in [3.05, 3.63) is 58.4 Å². The van der Waals surface area contributed by atoms with Gasteiger partial charge in [-0.3, -0.25) is 0 Å². The summed E-state index contributed by atoms with van der Waals surface area (Å²) in [5, 5.41) is 11.0. The van der Waals surface area contributed by atoms with Gasteiger partial charge in [0.25, 0.3) is 0 Å². The first-order valence-electron chi connectivity index (χ1n) is 6.51. The van der Waals surface area contributed by atoms with Gasteiger partial charge in [-0.15, -0.1) is 0 Å². The number of aryl methyl sites for hydroxylation is 1. The van der Waals surface area contributed by atoms with Crippen molar-refractivity contribution in [1.29, 1.82) is 0 Å². The molecule has 0 fully saturated rings. The molecule has 3 aromatic rings. The molecule has 4 heteroatoms. The van der Waals surface area contributed by atoms with E-state index in [9.17, 15) is 9.90 Å². The van der Waals surface area contributed by atoms with Gasteiger partial charge in [0.2, 0.25) is 0 Å². The molecule has 0 amide bonds. The van der Waals surface area contributed by atoms with Crippen molar-refractivity contribution in [2.24, 2.45) is 0 Å². The second-order valence-electron chi connectivity index (χ2n) is 4.84. The SMILES string of the molecule is COc1ccc(-c2c(O)c3cc(C)ccc3oc2=O)cc1. The van der Waals surface area contributed by atoms with E-state index >= 15 is 0 Å². The zero-order valence-corrected chi connectivity index (χ0v) is 11.7. The molecule has 0 aliphatic carbocycles. The number of hydrogen-bond donors (Lipinski definition) is 1. The molecule has 0 unspecified atom stereocenters. The largest absolute Gasteiger partial charge is 0.506 e. The summed E-state index contributed by atoms with van der Waals surface area (Å²) in [4.78, 5) is 12.1. The van der Waals surface area contributed by atoms with Crippen LogP contribution >= 0.6 is 0 Å². The molecule has 0 spiro atoms. The van der Waals surface area contributed by atoms with Crippen molar-refractivity contribution in [3.63, 3.8) is 0 Å². The molecule has 0 saturated heterocycles. The standard InChI is InChI=1S/C17H14O4/c1-10-3-8-14-13(9-10)16(18)15(17(19)21-14)11-4-6-12(20-2)7-5-11/h3-9,18H,1-2H3. The summed E-state index contributed by atoms with van der Waals surface area (Å²) in [5.41, 5.74) is 1.54. The molecule has 4 nitrogen and oxygen atoms in total. The minimum Gasteiger partial charge on any atom is -0.506 e. The first-order valence-corrected chi connectivity index (χ1v) is 6.51. The van der Waals surface area contributed by atoms with Crippen LogP contribution in [0.5, 0.6) is 11.5 Å². The highest BCUT2D eigenvalue weighted by Crippen LogP contribution is 2.33. The van der Waals surface area contributed by atoms with Gasteiger partial charge in [0.1, 0.15) is 22.6 Å². The zero-order valence-electron chi connectivity index (χ0n) is 11.7. The fourth-order valence-corrected chi connectivity index (χ4v) is 2.31. The van der Waals surface area contributed by atoms with Gasteiger partial charge in [0, 0.05) is 0 Å². The van der Waals surface area contributed by atoms with Crippen LogP contribution in [0.25, 0.3) is 22.1 Å². The van der Waals surface area contributed by atoms with E-state index in [4.69, 9.17) is 9.15 Å². The van der Waals surface area contributed by atoms with Crippen molar-refractivity contribution in [3.8, 4) is 22.6 Å². The molecule has 106 valence electrons. The summed E-state index contributed by atoms with van der Waals surface area (Å²) in [6.07, 6.45) is 0. The van der Waals surface area contributed by atoms with E-state index in [0.717, 1.165) is 5.56 Å². The number of aromatic hydroxyl groups is 1. The van der Waals surface area contributed by atoms with Crippen LogP contribution in [0.1, 0.15) is 5.56 Å². The van der Waals surface area contributed by atoms with E-state index in [2.05, 4.69) is 0 Å². The molecule has 2 aromatic carbocycles. The maximum Gasteiger partial charge on any atom is 0.347 e. The van der Waals surface area contributed by atoms with Crippen LogP contribution in [0.3, 0.4) is 0 Å². The van der Waals surface area contributed by atoms with Gasteiger partial charge in [0.05, 0.1) is 12.5 Å². The topological polar surface area (TPSA) is 59.7 Å². The molecule has 0 atom stereocenters. The summed E-state index contributed by atoms with van der Waals surface area (Å²) in [5.74, 6) is 0.620. The summed E-state index contributed by atoms with van der Waals surface area (Å²) >= 11 is 0. The molecule has 1 N–H and O–H groups in total. The normalized spacial score (nSPS) is 10.8. The Labute approximate surface area is 121 Å². The van der Waals surface area contributed by atoms with E-state index in [1.54, 1.807) is 43.5 Å². The maximum absolute atomic E-state index is 12.1. The third-order valence-electron chi connectivity index (χ3n) is 3.41. The van der Waals surface area contributed by atoms with Crippen molar-refractivity contribution in [2.75, 3.05) is 7.11 Å². The Kier molecular flexibility index (Phi) is 3.14. The number of ether oxygens (including phenoxy) is 1. The molecule has 0 aliphatic rings. The summed E-state index contributed by atoms with van der Waals surface area (Å²) in [7, 11) is 1.57. The van der Waals surface area contributed by atoms with Crippen LogP contribution in [0.2, 0.25) is 0 Å². The summed E-state index contributed by atoms with van der Waals surface area (Å²) in [6.45, 7) is 1.91. The quantitative estimate of drug-likeness (QED) is 0.731. The fourth-order valence-electron chi connectivity index (χ4n) is 2.31. The van der Waals surface area contributed by atoms with Gasteiger partial charge in [-0.1, -0.05) is 23.8 Å². The van der Waals surface area contributed by atoms with Crippen molar-refractivity contribution >= 4 is 11.0 Å². The summed E-state index contributed by atoms with van der Waals surface area (Å²) < 4.78 is 10.4. The number of fused-ring (bicyclic) bond motifs is 1. The lowest BCUT2D eigenvalue weighted by atomic mass is 10.0. The van der Waals surface area contributed by atoms with Crippen molar-refractivity contribution < 1.29 is 14.3 Å². The van der Waals surface area contributed by atoms with Crippen LogP contribution in [0.15, 0.2) is 51.7 Å². The van der Waals surface area contributed by atoms with E-state index in [-0.39, 0.29) is 11.3 Å². The molecular formula is C17H14O4. The molecule has 0 aliphatic heterocycles. The van der Waals surface area contributed by atoms with E-state index < -0.39 is 5.63 Å². The summed E-state index contributed by atoms with van der Waals surface area (Å²) in [6, 6.07) is 12.2. The lowest BCUT2D eigenvalue weighted by molar-refractivity contribution is 0.415. The third-order valence-corrected chi connectivity index (χ3v) is 3.41. The van der Waals surface area contributed by atoms with Gasteiger partial charge in [0.15, 0.2) is 0 Å². The first kappa shape index (κ1) is 13.2. The van der Waals surface area contributed by atoms with Crippen LogP contribution in [0, 0.1) is 6.92 Å². The van der Waals surface area contributed by atoms with Crippen LogP contribution in [0.4, 0.5) is 0 Å². The Balaban J connectivity index is 2.28. The van der Waals surface area contributed by atoms with Crippen molar-refractivity contribution in [2.45, 2.75) is 6.92 Å². The van der Waals surface area contributed by atoms with Crippen LogP contribution < -0.4 is 10.4 Å². The first-order chi connectivity index (χ1) is 10.1. The van der Waals surface area contributed by atoms with Gasteiger partial charge in [-0.25, -0.2) is 4.79 Å². The predicted octanol–water partition coefficient (Wildman–Crippen LogP) is 3.48. The molecule has 0 saturated carbocycles. The van der Waals surface area contributed by atoms with Gasteiger partial charge in [-0.2, -0.15) is 0 Å². The second kappa shape index (κ2) is 4.98. The lowest BCUT2D eigenvalue weighted by Crippen LogP contribution is -2.03. The van der Waals surface area contributed by atoms with Crippen molar-refractivity contribution in [1.82, 2.24) is 0 Å². The Hall–Kier alpha value is -2.75. The fraction of sp³-hybridized carbons (Fsp3) is 0.118. The molecule has 0 radical (unpaired) electrons. The number of hydrogen-bond acceptors (Lipinski definition) is 4. The Bertz CT molecular complexity index is 860. The molecule has 3 rings (SSSR count). The average Bonchev–Trinajstić information content (AvgIpc) is 2.49. The number of benzene rings is 2. The molecule has 21 heavy (non-hydrogen) atoms. The second-order valence-corrected chi connectivity index (χ2v) is 4.84. The maximum atomic E-state index is 12.1. The molecular weight excluding hydrogens is 268 g/mol. The van der Waals surface area contributed by atoms with Gasteiger partial charge < -0.3 is 14.3 Å². The van der Waals surface area contributed by atoms with E-state index in [1.165, 1.54) is 0 Å². The molecule has 1 heterocycles. The van der Waals surface area contributed by atoms with Gasteiger partial charge >= 0.3 is 5.63 Å². The smallest absolute Gasteiger partial charge is 0.347 e. The zero-order chi connectivity index (χ0) is 15.0. The lowest BCUT2D eigenvalue weighted by Gasteiger charge is -2.08. The Morgan fingerprint density at radius 3 is 2.48 bits per heavy atom. The predicted molar refractivity (Wildman–Crippen MR) is 80.9 cm³/mol. The third kappa shape index (κ3) is 2.25. The van der Waals surface area contributed by atoms with Crippen LogP contribution in [-0.4, -0.2) is 12.2 Å². The average molecular weight is 282 g/mol. The Morgan fingerprint density at radius 2 is 1.81 bits per heavy atom. The Morgan fingerprint density at radius 1 is 1.10 bits per heavy atom. The minimum atomic E-state index is -0.561. The molecule has 0 bridgehead atoms.